The van der Waals surface area contributed by atoms with Crippen LogP contribution < -0.4 is 0 Å². The van der Waals surface area contributed by atoms with Crippen molar-refractivity contribution in [2.24, 2.45) is 5.92 Å². The number of aliphatic hydroxyl groups is 2. The molecule has 0 spiro atoms. The van der Waals surface area contributed by atoms with Gasteiger partial charge in [-0.05, 0) is 12.8 Å². The first-order chi connectivity index (χ1) is 5.68. The monoisotopic (exact) mass is 171 g/mol. The molecule has 1 saturated carbocycles. The number of hydrogen-bond donors (Lipinski definition) is 2. The van der Waals surface area contributed by atoms with E-state index in [2.05, 4.69) is 0 Å². The number of amides is 1. The lowest BCUT2D eigenvalue weighted by atomic mass is 10.3. The Hall–Kier alpha value is -0.610. The number of aliphatic hydroxyl groups excluding tert-OH is 2. The summed E-state index contributed by atoms with van der Waals surface area (Å²) in [4.78, 5) is 13.0. The maximum Gasteiger partial charge on any atom is 0.225 e. The van der Waals surface area contributed by atoms with E-state index in [1.165, 1.54) is 0 Å². The van der Waals surface area contributed by atoms with Gasteiger partial charge >= 0.3 is 0 Å². The summed E-state index contributed by atoms with van der Waals surface area (Å²) in [7, 11) is 0. The quantitative estimate of drug-likeness (QED) is 0.530. The highest BCUT2D eigenvalue weighted by atomic mass is 16.3. The summed E-state index contributed by atoms with van der Waals surface area (Å²) in [5.74, 6) is 0.285. The summed E-state index contributed by atoms with van der Waals surface area (Å²) in [6, 6.07) is 0. The topological polar surface area (TPSA) is 60.8 Å². The van der Waals surface area contributed by atoms with Crippen LogP contribution in [0.1, 0.15) is 12.8 Å². The van der Waals surface area contributed by atoms with Gasteiger partial charge in [-0.25, -0.2) is 0 Å². The predicted molar refractivity (Wildman–Crippen MR) is 41.3 cm³/mol. The van der Waals surface area contributed by atoms with E-state index in [1.807, 2.05) is 0 Å². The lowest BCUT2D eigenvalue weighted by Gasteiger charge is -2.14. The van der Waals surface area contributed by atoms with Crippen molar-refractivity contribution in [1.82, 2.24) is 4.90 Å². The van der Waals surface area contributed by atoms with E-state index in [0.717, 1.165) is 12.8 Å². The highest BCUT2D eigenvalue weighted by Gasteiger charge is 2.39. The van der Waals surface area contributed by atoms with E-state index in [4.69, 9.17) is 0 Å². The molecule has 68 valence electrons. The van der Waals surface area contributed by atoms with Crippen molar-refractivity contribution in [2.45, 2.75) is 25.0 Å². The van der Waals surface area contributed by atoms with Crippen molar-refractivity contribution in [1.29, 1.82) is 0 Å². The minimum atomic E-state index is -0.743. The second-order valence-electron chi connectivity index (χ2n) is 3.65. The highest BCUT2D eigenvalue weighted by molar-refractivity contribution is 5.81. The van der Waals surface area contributed by atoms with E-state index in [0.29, 0.717) is 13.1 Å². The predicted octanol–water partition coefficient (Wildman–Crippen LogP) is -1.04. The first-order valence-corrected chi connectivity index (χ1v) is 4.33. The molecule has 12 heavy (non-hydrogen) atoms. The minimum Gasteiger partial charge on any atom is -0.388 e. The van der Waals surface area contributed by atoms with E-state index < -0.39 is 12.2 Å². The van der Waals surface area contributed by atoms with Crippen LogP contribution in [0.4, 0.5) is 0 Å². The van der Waals surface area contributed by atoms with Crippen molar-refractivity contribution < 1.29 is 15.0 Å². The fourth-order valence-corrected chi connectivity index (χ4v) is 1.54. The second kappa shape index (κ2) is 2.71. The van der Waals surface area contributed by atoms with E-state index in [9.17, 15) is 15.0 Å². The molecule has 0 aromatic heterocycles. The minimum absolute atomic E-state index is 0.102. The van der Waals surface area contributed by atoms with Crippen LogP contribution in [0.2, 0.25) is 0 Å². The molecule has 0 aromatic rings. The maximum absolute atomic E-state index is 11.4. The molecule has 1 aliphatic carbocycles. The van der Waals surface area contributed by atoms with Crippen molar-refractivity contribution >= 4 is 5.91 Å². The summed E-state index contributed by atoms with van der Waals surface area (Å²) in [6.45, 7) is 0.604. The Labute approximate surface area is 70.8 Å². The van der Waals surface area contributed by atoms with Crippen LogP contribution in [0.3, 0.4) is 0 Å². The molecule has 1 aliphatic heterocycles. The van der Waals surface area contributed by atoms with Crippen LogP contribution in [0.25, 0.3) is 0 Å². The molecule has 2 rings (SSSR count). The normalized spacial score (nSPS) is 35.7. The second-order valence-corrected chi connectivity index (χ2v) is 3.65. The summed E-state index contributed by atoms with van der Waals surface area (Å²) in [5, 5.41) is 18.4. The smallest absolute Gasteiger partial charge is 0.225 e. The molecular formula is C8H13NO3. The highest BCUT2D eigenvalue weighted by Crippen LogP contribution is 2.32. The molecule has 2 atom stereocenters. The number of hydrogen-bond acceptors (Lipinski definition) is 3. The molecule has 0 bridgehead atoms. The zero-order chi connectivity index (χ0) is 8.72. The molecule has 4 nitrogen and oxygen atoms in total. The number of likely N-dealkylation sites (tertiary alicyclic amines) is 1. The van der Waals surface area contributed by atoms with Gasteiger partial charge in [0.15, 0.2) is 0 Å². The average Bonchev–Trinajstić information content (AvgIpc) is 2.80. The van der Waals surface area contributed by atoms with Gasteiger partial charge in [0.2, 0.25) is 5.91 Å². The fourth-order valence-electron chi connectivity index (χ4n) is 1.54. The van der Waals surface area contributed by atoms with Gasteiger partial charge in [0, 0.05) is 19.0 Å². The Bertz CT molecular complexity index is 192. The average molecular weight is 171 g/mol. The first kappa shape index (κ1) is 8.01. The number of nitrogens with zero attached hydrogens (tertiary/aromatic N) is 1. The van der Waals surface area contributed by atoms with Crippen molar-refractivity contribution in [2.75, 3.05) is 13.1 Å². The number of carbonyl (C=O) groups is 1. The molecule has 1 saturated heterocycles. The number of carbonyl (C=O) groups excluding carboxylic acids is 1. The Morgan fingerprint density at radius 2 is 1.67 bits per heavy atom. The third-order valence-corrected chi connectivity index (χ3v) is 2.50. The van der Waals surface area contributed by atoms with Gasteiger partial charge in [-0.1, -0.05) is 0 Å². The Morgan fingerprint density at radius 1 is 1.17 bits per heavy atom. The van der Waals surface area contributed by atoms with Crippen molar-refractivity contribution in [3.8, 4) is 0 Å². The maximum atomic E-state index is 11.4. The first-order valence-electron chi connectivity index (χ1n) is 4.33. The van der Waals surface area contributed by atoms with Crippen LogP contribution in [-0.4, -0.2) is 46.3 Å². The molecule has 2 aliphatic rings. The molecule has 4 heteroatoms. The lowest BCUT2D eigenvalue weighted by Crippen LogP contribution is -2.30. The standard InChI is InChI=1S/C8H13NO3/c10-6-3-9(4-7(6)11)8(12)5-1-2-5/h5-7,10-11H,1-4H2/t6-,7+. The summed E-state index contributed by atoms with van der Waals surface area (Å²) in [6.07, 6.45) is 0.462. The molecule has 2 N–H and O–H groups in total. The van der Waals surface area contributed by atoms with Crippen LogP contribution in [0, 0.1) is 5.92 Å². The molecule has 1 heterocycles. The summed E-state index contributed by atoms with van der Waals surface area (Å²) >= 11 is 0. The van der Waals surface area contributed by atoms with Crippen LogP contribution in [-0.2, 0) is 4.79 Å². The van der Waals surface area contributed by atoms with Gasteiger partial charge in [-0.15, -0.1) is 0 Å². The van der Waals surface area contributed by atoms with Crippen molar-refractivity contribution in [3.05, 3.63) is 0 Å². The molecule has 0 aromatic carbocycles. The largest absolute Gasteiger partial charge is 0.388 e. The third kappa shape index (κ3) is 1.32. The van der Waals surface area contributed by atoms with Gasteiger partial charge in [0.1, 0.15) is 0 Å². The zero-order valence-corrected chi connectivity index (χ0v) is 6.81. The van der Waals surface area contributed by atoms with Gasteiger partial charge in [0.25, 0.3) is 0 Å². The third-order valence-electron chi connectivity index (χ3n) is 2.50. The van der Waals surface area contributed by atoms with E-state index in [1.54, 1.807) is 4.90 Å². The lowest BCUT2D eigenvalue weighted by molar-refractivity contribution is -0.132. The summed E-state index contributed by atoms with van der Waals surface area (Å²) in [5.41, 5.74) is 0. The Balaban J connectivity index is 1.93. The Morgan fingerprint density at radius 3 is 2.08 bits per heavy atom. The van der Waals surface area contributed by atoms with Crippen LogP contribution >= 0.6 is 0 Å². The molecule has 2 fully saturated rings. The van der Waals surface area contributed by atoms with Gasteiger partial charge < -0.3 is 15.1 Å². The van der Waals surface area contributed by atoms with Crippen molar-refractivity contribution in [3.63, 3.8) is 0 Å². The van der Waals surface area contributed by atoms with Crippen LogP contribution in [0.15, 0.2) is 0 Å². The SMILES string of the molecule is O=C(C1CC1)N1C[C@@H](O)[C@@H](O)C1. The molecular weight excluding hydrogens is 158 g/mol. The number of β-amino-alcohol motifs (C(OH)–C–C–N with tert-alkyl or cyclic N) is 2. The number of rotatable bonds is 1. The van der Waals surface area contributed by atoms with E-state index in [-0.39, 0.29) is 11.8 Å². The fraction of sp³-hybridized carbons (Fsp3) is 0.875. The van der Waals surface area contributed by atoms with Gasteiger partial charge in [0.05, 0.1) is 12.2 Å². The molecule has 0 radical (unpaired) electrons. The molecule has 0 unspecified atom stereocenters. The Kier molecular flexibility index (Phi) is 1.81. The van der Waals surface area contributed by atoms with Gasteiger partial charge in [-0.3, -0.25) is 4.79 Å². The molecule has 1 amide bonds. The summed E-state index contributed by atoms with van der Waals surface area (Å²) < 4.78 is 0. The van der Waals surface area contributed by atoms with Crippen LogP contribution in [0.5, 0.6) is 0 Å². The van der Waals surface area contributed by atoms with Gasteiger partial charge in [-0.2, -0.15) is 0 Å². The zero-order valence-electron chi connectivity index (χ0n) is 6.81. The van der Waals surface area contributed by atoms with E-state index >= 15 is 0 Å².